The van der Waals surface area contributed by atoms with Crippen LogP contribution in [0.15, 0.2) is 11.1 Å². The third-order valence-electron chi connectivity index (χ3n) is 4.39. The van der Waals surface area contributed by atoms with Crippen molar-refractivity contribution >= 4 is 11.9 Å². The first kappa shape index (κ1) is 21.7. The number of carbonyl (C=O) groups is 2. The zero-order chi connectivity index (χ0) is 18.9. The van der Waals surface area contributed by atoms with Crippen LogP contribution < -0.4 is 0 Å². The van der Waals surface area contributed by atoms with E-state index < -0.39 is 0 Å². The van der Waals surface area contributed by atoms with Crippen LogP contribution in [0.5, 0.6) is 0 Å². The van der Waals surface area contributed by atoms with Crippen LogP contribution in [0.1, 0.15) is 86.0 Å². The van der Waals surface area contributed by atoms with Gasteiger partial charge in [0.15, 0.2) is 0 Å². The quantitative estimate of drug-likeness (QED) is 0.445. The molecule has 1 fully saturated rings. The standard InChI is InChI=1S/C21H36O4/c1-6-13-24-19(22)17(15-21(3,4)5)18(20(23)25-14-7-2)16-11-9-8-10-12-16/h16H,6-15H2,1-5H3. The van der Waals surface area contributed by atoms with Crippen LogP contribution in [-0.4, -0.2) is 25.2 Å². The van der Waals surface area contributed by atoms with Gasteiger partial charge in [-0.05, 0) is 43.4 Å². The molecule has 0 aromatic heterocycles. The van der Waals surface area contributed by atoms with Gasteiger partial charge in [-0.25, -0.2) is 9.59 Å². The van der Waals surface area contributed by atoms with Crippen LogP contribution in [0.3, 0.4) is 0 Å². The molecule has 0 spiro atoms. The fraction of sp³-hybridized carbons (Fsp3) is 0.810. The van der Waals surface area contributed by atoms with Gasteiger partial charge in [0.25, 0.3) is 0 Å². The number of hydrogen-bond acceptors (Lipinski definition) is 4. The summed E-state index contributed by atoms with van der Waals surface area (Å²) < 4.78 is 10.9. The van der Waals surface area contributed by atoms with E-state index in [4.69, 9.17) is 9.47 Å². The molecule has 0 heterocycles. The number of rotatable bonds is 8. The van der Waals surface area contributed by atoms with Gasteiger partial charge in [-0.2, -0.15) is 0 Å². The first-order valence-electron chi connectivity index (χ1n) is 9.87. The lowest BCUT2D eigenvalue weighted by atomic mass is 9.78. The fourth-order valence-corrected chi connectivity index (χ4v) is 3.29. The van der Waals surface area contributed by atoms with Gasteiger partial charge in [0, 0.05) is 5.57 Å². The molecule has 0 aromatic carbocycles. The molecule has 1 aliphatic rings. The molecule has 0 aliphatic heterocycles. The summed E-state index contributed by atoms with van der Waals surface area (Å²) in [6.45, 7) is 11.0. The first-order valence-corrected chi connectivity index (χ1v) is 9.87. The highest BCUT2D eigenvalue weighted by Gasteiger charge is 2.33. The Morgan fingerprint density at radius 3 is 1.88 bits per heavy atom. The van der Waals surface area contributed by atoms with Crippen molar-refractivity contribution in [3.05, 3.63) is 11.1 Å². The number of ether oxygens (including phenoxy) is 2. The second-order valence-corrected chi connectivity index (χ2v) is 8.24. The largest absolute Gasteiger partial charge is 0.462 e. The maximum absolute atomic E-state index is 12.8. The lowest BCUT2D eigenvalue weighted by molar-refractivity contribution is -0.143. The molecule has 0 bridgehead atoms. The second-order valence-electron chi connectivity index (χ2n) is 8.24. The van der Waals surface area contributed by atoms with Crippen molar-refractivity contribution in [1.29, 1.82) is 0 Å². The third-order valence-corrected chi connectivity index (χ3v) is 4.39. The summed E-state index contributed by atoms with van der Waals surface area (Å²) in [5.41, 5.74) is 1.02. The van der Waals surface area contributed by atoms with Crippen LogP contribution in [0.25, 0.3) is 0 Å². The fourth-order valence-electron chi connectivity index (χ4n) is 3.29. The molecule has 1 saturated carbocycles. The normalized spacial score (nSPS) is 17.0. The molecule has 0 aromatic rings. The highest BCUT2D eigenvalue weighted by molar-refractivity contribution is 6.00. The average Bonchev–Trinajstić information content (AvgIpc) is 2.57. The molecule has 4 nitrogen and oxygen atoms in total. The summed E-state index contributed by atoms with van der Waals surface area (Å²) in [4.78, 5) is 25.6. The van der Waals surface area contributed by atoms with Gasteiger partial charge in [-0.1, -0.05) is 53.9 Å². The Labute approximate surface area is 153 Å². The molecule has 0 atom stereocenters. The van der Waals surface area contributed by atoms with Crippen LogP contribution in [0.2, 0.25) is 0 Å². The third kappa shape index (κ3) is 7.62. The van der Waals surface area contributed by atoms with E-state index in [1.165, 1.54) is 6.42 Å². The van der Waals surface area contributed by atoms with Crippen molar-refractivity contribution in [2.75, 3.05) is 13.2 Å². The molecule has 0 unspecified atom stereocenters. The molecule has 0 radical (unpaired) electrons. The van der Waals surface area contributed by atoms with E-state index in [2.05, 4.69) is 20.8 Å². The minimum atomic E-state index is -0.342. The molecule has 1 aliphatic carbocycles. The number of esters is 2. The predicted octanol–water partition coefficient (Wildman–Crippen LogP) is 5.21. The van der Waals surface area contributed by atoms with Crippen molar-refractivity contribution in [2.24, 2.45) is 11.3 Å². The van der Waals surface area contributed by atoms with Crippen LogP contribution >= 0.6 is 0 Å². The summed E-state index contributed by atoms with van der Waals surface area (Å²) >= 11 is 0. The van der Waals surface area contributed by atoms with E-state index in [9.17, 15) is 9.59 Å². The predicted molar refractivity (Wildman–Crippen MR) is 100 cm³/mol. The number of carbonyl (C=O) groups excluding carboxylic acids is 2. The van der Waals surface area contributed by atoms with Gasteiger partial charge >= 0.3 is 11.9 Å². The lowest BCUT2D eigenvalue weighted by Gasteiger charge is -2.28. The first-order chi connectivity index (χ1) is 11.8. The van der Waals surface area contributed by atoms with E-state index in [0.29, 0.717) is 30.8 Å². The van der Waals surface area contributed by atoms with E-state index in [1.54, 1.807) is 0 Å². The minimum Gasteiger partial charge on any atom is -0.462 e. The smallest absolute Gasteiger partial charge is 0.334 e. The zero-order valence-corrected chi connectivity index (χ0v) is 16.8. The molecule has 1 rings (SSSR count). The van der Waals surface area contributed by atoms with Crippen LogP contribution in [0.4, 0.5) is 0 Å². The van der Waals surface area contributed by atoms with Gasteiger partial charge in [0.1, 0.15) is 0 Å². The van der Waals surface area contributed by atoms with Crippen LogP contribution in [-0.2, 0) is 19.1 Å². The zero-order valence-electron chi connectivity index (χ0n) is 16.8. The van der Waals surface area contributed by atoms with E-state index in [-0.39, 0.29) is 23.3 Å². The summed E-state index contributed by atoms with van der Waals surface area (Å²) in [5.74, 6) is -0.545. The van der Waals surface area contributed by atoms with E-state index >= 15 is 0 Å². The molecule has 0 N–H and O–H groups in total. The van der Waals surface area contributed by atoms with Gasteiger partial charge < -0.3 is 9.47 Å². The Morgan fingerprint density at radius 1 is 0.880 bits per heavy atom. The van der Waals surface area contributed by atoms with Crippen molar-refractivity contribution in [2.45, 2.75) is 86.0 Å². The van der Waals surface area contributed by atoms with Gasteiger partial charge in [-0.3, -0.25) is 0 Å². The highest BCUT2D eigenvalue weighted by Crippen LogP contribution is 2.36. The molecule has 144 valence electrons. The van der Waals surface area contributed by atoms with Crippen molar-refractivity contribution in [1.82, 2.24) is 0 Å². The molecular weight excluding hydrogens is 316 g/mol. The molecule has 0 saturated heterocycles. The average molecular weight is 353 g/mol. The molecule has 25 heavy (non-hydrogen) atoms. The molecule has 0 amide bonds. The maximum Gasteiger partial charge on any atom is 0.334 e. The number of hydrogen-bond donors (Lipinski definition) is 0. The Hall–Kier alpha value is -1.32. The summed E-state index contributed by atoms with van der Waals surface area (Å²) in [6.07, 6.45) is 7.37. The highest BCUT2D eigenvalue weighted by atomic mass is 16.5. The van der Waals surface area contributed by atoms with Crippen molar-refractivity contribution in [3.8, 4) is 0 Å². The van der Waals surface area contributed by atoms with Crippen molar-refractivity contribution < 1.29 is 19.1 Å². The van der Waals surface area contributed by atoms with E-state index in [0.717, 1.165) is 38.5 Å². The van der Waals surface area contributed by atoms with Crippen molar-refractivity contribution in [3.63, 3.8) is 0 Å². The maximum atomic E-state index is 12.8. The van der Waals surface area contributed by atoms with Gasteiger partial charge in [0.2, 0.25) is 0 Å². The molecular formula is C21H36O4. The van der Waals surface area contributed by atoms with Gasteiger partial charge in [-0.15, -0.1) is 0 Å². The van der Waals surface area contributed by atoms with Crippen LogP contribution in [0, 0.1) is 11.3 Å². The monoisotopic (exact) mass is 352 g/mol. The van der Waals surface area contributed by atoms with Gasteiger partial charge in [0.05, 0.1) is 18.8 Å². The lowest BCUT2D eigenvalue weighted by Crippen LogP contribution is -2.26. The SMILES string of the molecule is CCCOC(=O)C(CC(C)(C)C)=C(C(=O)OCCC)C1CCCCC1. The Morgan fingerprint density at radius 2 is 1.40 bits per heavy atom. The van der Waals surface area contributed by atoms with E-state index in [1.807, 2.05) is 13.8 Å². The Bertz CT molecular complexity index is 465. The summed E-state index contributed by atoms with van der Waals surface area (Å²) in [7, 11) is 0. The Balaban J connectivity index is 3.26. The molecule has 4 heteroatoms. The summed E-state index contributed by atoms with van der Waals surface area (Å²) in [6, 6.07) is 0. The summed E-state index contributed by atoms with van der Waals surface area (Å²) in [5, 5.41) is 0. The second kappa shape index (κ2) is 10.6. The Kier molecular flexibility index (Phi) is 9.23. The minimum absolute atomic E-state index is 0.106. The topological polar surface area (TPSA) is 52.6 Å².